The van der Waals surface area contributed by atoms with Crippen LogP contribution < -0.4 is 5.32 Å². The van der Waals surface area contributed by atoms with E-state index in [1.807, 2.05) is 20.8 Å². The van der Waals surface area contributed by atoms with E-state index in [0.29, 0.717) is 12.2 Å². The van der Waals surface area contributed by atoms with Crippen molar-refractivity contribution in [3.63, 3.8) is 0 Å². The van der Waals surface area contributed by atoms with Crippen LogP contribution in [0.15, 0.2) is 48.5 Å². The van der Waals surface area contributed by atoms with E-state index in [4.69, 9.17) is 0 Å². The second kappa shape index (κ2) is 12.2. The Labute approximate surface area is 191 Å². The number of benzene rings is 2. The van der Waals surface area contributed by atoms with E-state index in [1.165, 1.54) is 40.9 Å². The van der Waals surface area contributed by atoms with Gasteiger partial charge in [0.1, 0.15) is 11.9 Å². The molecule has 0 aliphatic rings. The summed E-state index contributed by atoms with van der Waals surface area (Å²) in [4.78, 5) is 37.7. The third kappa shape index (κ3) is 7.64. The first-order valence-electron chi connectivity index (χ1n) is 10.4. The zero-order chi connectivity index (χ0) is 23.7. The molecule has 1 N–H and O–H groups in total. The first kappa shape index (κ1) is 25.3. The van der Waals surface area contributed by atoms with Crippen LogP contribution in [0, 0.1) is 15.9 Å². The lowest BCUT2D eigenvalue weighted by atomic mass is 10.1. The molecule has 1 atom stereocenters. The van der Waals surface area contributed by atoms with Crippen molar-refractivity contribution < 1.29 is 18.9 Å². The van der Waals surface area contributed by atoms with Crippen LogP contribution in [0.4, 0.5) is 10.1 Å². The van der Waals surface area contributed by atoms with Crippen molar-refractivity contribution in [1.82, 2.24) is 10.2 Å². The van der Waals surface area contributed by atoms with Crippen molar-refractivity contribution in [2.24, 2.45) is 0 Å². The van der Waals surface area contributed by atoms with Gasteiger partial charge in [0.25, 0.3) is 5.69 Å². The summed E-state index contributed by atoms with van der Waals surface area (Å²) in [6, 6.07) is 11.4. The largest absolute Gasteiger partial charge is 0.352 e. The maximum Gasteiger partial charge on any atom is 0.269 e. The highest BCUT2D eigenvalue weighted by Crippen LogP contribution is 2.19. The summed E-state index contributed by atoms with van der Waals surface area (Å²) in [5.74, 6) is -0.146. The van der Waals surface area contributed by atoms with Crippen LogP contribution in [0.5, 0.6) is 0 Å². The van der Waals surface area contributed by atoms with Gasteiger partial charge in [0.05, 0.1) is 10.7 Å². The summed E-state index contributed by atoms with van der Waals surface area (Å²) < 4.78 is 13.3. The lowest BCUT2D eigenvalue weighted by molar-refractivity contribution is -0.384. The Kier molecular flexibility index (Phi) is 9.64. The minimum absolute atomic E-state index is 0.0160. The highest BCUT2D eigenvalue weighted by molar-refractivity contribution is 7.99. The molecule has 7 nitrogen and oxygen atoms in total. The molecule has 0 bridgehead atoms. The predicted molar refractivity (Wildman–Crippen MR) is 124 cm³/mol. The van der Waals surface area contributed by atoms with E-state index in [2.05, 4.69) is 5.32 Å². The molecular formula is C23H28FN3O4S. The Balaban J connectivity index is 2.10. The molecule has 0 saturated carbocycles. The first-order valence-corrected chi connectivity index (χ1v) is 11.5. The third-order valence-electron chi connectivity index (χ3n) is 4.72. The predicted octanol–water partition coefficient (Wildman–Crippen LogP) is 4.30. The lowest BCUT2D eigenvalue weighted by Gasteiger charge is -2.31. The Morgan fingerprint density at radius 3 is 2.22 bits per heavy atom. The van der Waals surface area contributed by atoms with Crippen LogP contribution in [-0.2, 0) is 21.9 Å². The number of carbonyl (C=O) groups excluding carboxylic acids is 2. The fraction of sp³-hybridized carbons (Fsp3) is 0.391. The molecular weight excluding hydrogens is 433 g/mol. The maximum atomic E-state index is 13.3. The van der Waals surface area contributed by atoms with Gasteiger partial charge in [-0.1, -0.05) is 31.2 Å². The summed E-state index contributed by atoms with van der Waals surface area (Å²) in [5, 5.41) is 13.6. The molecule has 2 aromatic rings. The number of hydrogen-bond donors (Lipinski definition) is 1. The number of carbonyl (C=O) groups is 2. The number of thioether (sulfide) groups is 1. The Hall–Kier alpha value is -2.94. The van der Waals surface area contributed by atoms with Gasteiger partial charge in [-0.15, -0.1) is 11.8 Å². The third-order valence-corrected chi connectivity index (χ3v) is 5.71. The molecule has 32 heavy (non-hydrogen) atoms. The first-order chi connectivity index (χ1) is 15.2. The quantitative estimate of drug-likeness (QED) is 0.398. The summed E-state index contributed by atoms with van der Waals surface area (Å²) in [6.45, 7) is 5.76. The minimum Gasteiger partial charge on any atom is -0.352 e. The number of nitro benzene ring substituents is 1. The monoisotopic (exact) mass is 461 g/mol. The Bertz CT molecular complexity index is 920. The van der Waals surface area contributed by atoms with Crippen molar-refractivity contribution in [3.05, 3.63) is 75.6 Å². The van der Waals surface area contributed by atoms with Gasteiger partial charge in [0.15, 0.2) is 0 Å². The number of nitro groups is 1. The van der Waals surface area contributed by atoms with E-state index in [0.717, 1.165) is 11.1 Å². The highest BCUT2D eigenvalue weighted by atomic mass is 32.2. The van der Waals surface area contributed by atoms with Crippen LogP contribution in [0.1, 0.15) is 38.3 Å². The van der Waals surface area contributed by atoms with E-state index in [-0.39, 0.29) is 41.7 Å². The number of nitrogens with zero attached hydrogens (tertiary/aromatic N) is 2. The second-order valence-electron chi connectivity index (χ2n) is 7.65. The zero-order valence-electron chi connectivity index (χ0n) is 18.4. The Morgan fingerprint density at radius 1 is 1.09 bits per heavy atom. The van der Waals surface area contributed by atoms with E-state index < -0.39 is 11.0 Å². The number of rotatable bonds is 11. The topological polar surface area (TPSA) is 92.6 Å². The standard InChI is InChI=1S/C23H28FN3O4S/c1-4-21(23(29)25-16(2)3)26(13-17-5-9-19(24)10-6-17)22(28)15-32-14-18-7-11-20(12-8-18)27(30)31/h5-12,16,21H,4,13-15H2,1-3H3,(H,25,29). The summed E-state index contributed by atoms with van der Waals surface area (Å²) in [7, 11) is 0. The van der Waals surface area contributed by atoms with Gasteiger partial charge in [-0.2, -0.15) is 0 Å². The number of amides is 2. The van der Waals surface area contributed by atoms with Crippen LogP contribution in [0.3, 0.4) is 0 Å². The number of non-ortho nitro benzene ring substituents is 1. The van der Waals surface area contributed by atoms with Gasteiger partial charge >= 0.3 is 0 Å². The minimum atomic E-state index is -0.644. The van der Waals surface area contributed by atoms with Gasteiger partial charge in [-0.25, -0.2) is 4.39 Å². The van der Waals surface area contributed by atoms with Crippen LogP contribution in [0.25, 0.3) is 0 Å². The Morgan fingerprint density at radius 2 is 1.69 bits per heavy atom. The smallest absolute Gasteiger partial charge is 0.269 e. The van der Waals surface area contributed by atoms with Gasteiger partial charge in [0, 0.05) is 30.5 Å². The van der Waals surface area contributed by atoms with Crippen LogP contribution >= 0.6 is 11.8 Å². The molecule has 172 valence electrons. The highest BCUT2D eigenvalue weighted by Gasteiger charge is 2.28. The normalized spacial score (nSPS) is 11.8. The molecule has 0 aromatic heterocycles. The zero-order valence-corrected chi connectivity index (χ0v) is 19.2. The van der Waals surface area contributed by atoms with Gasteiger partial charge < -0.3 is 10.2 Å². The summed E-state index contributed by atoms with van der Waals surface area (Å²) in [6.07, 6.45) is 0.443. The summed E-state index contributed by atoms with van der Waals surface area (Å²) >= 11 is 1.37. The summed E-state index contributed by atoms with van der Waals surface area (Å²) in [5.41, 5.74) is 1.61. The molecule has 0 heterocycles. The van der Waals surface area contributed by atoms with Gasteiger partial charge in [-0.05, 0) is 43.5 Å². The molecule has 2 rings (SSSR count). The fourth-order valence-electron chi connectivity index (χ4n) is 3.14. The van der Waals surface area contributed by atoms with Gasteiger partial charge in [0.2, 0.25) is 11.8 Å². The molecule has 0 fully saturated rings. The molecule has 0 aliphatic carbocycles. The second-order valence-corrected chi connectivity index (χ2v) is 8.64. The average molecular weight is 462 g/mol. The van der Waals surface area contributed by atoms with Crippen LogP contribution in [-0.4, -0.2) is 39.5 Å². The van der Waals surface area contributed by atoms with Crippen molar-refractivity contribution in [1.29, 1.82) is 0 Å². The lowest BCUT2D eigenvalue weighted by Crippen LogP contribution is -2.50. The van der Waals surface area contributed by atoms with Crippen molar-refractivity contribution in [2.45, 2.75) is 51.6 Å². The molecule has 0 aliphatic heterocycles. The fourth-order valence-corrected chi connectivity index (χ4v) is 4.01. The SMILES string of the molecule is CCC(C(=O)NC(C)C)N(Cc1ccc(F)cc1)C(=O)CSCc1ccc([N+](=O)[O-])cc1. The van der Waals surface area contributed by atoms with Gasteiger partial charge in [-0.3, -0.25) is 19.7 Å². The maximum absolute atomic E-state index is 13.3. The molecule has 0 spiro atoms. The van der Waals surface area contributed by atoms with Crippen molar-refractivity contribution in [3.8, 4) is 0 Å². The van der Waals surface area contributed by atoms with Crippen molar-refractivity contribution >= 4 is 29.3 Å². The number of halogens is 1. The average Bonchev–Trinajstić information content (AvgIpc) is 2.74. The van der Waals surface area contributed by atoms with Crippen molar-refractivity contribution in [2.75, 3.05) is 5.75 Å². The van der Waals surface area contributed by atoms with Crippen LogP contribution in [0.2, 0.25) is 0 Å². The van der Waals surface area contributed by atoms with E-state index >= 15 is 0 Å². The molecule has 2 amide bonds. The number of hydrogen-bond acceptors (Lipinski definition) is 5. The molecule has 1 unspecified atom stereocenters. The number of nitrogens with one attached hydrogen (secondary N) is 1. The molecule has 0 radical (unpaired) electrons. The van der Waals surface area contributed by atoms with E-state index in [9.17, 15) is 24.1 Å². The molecule has 2 aromatic carbocycles. The molecule has 9 heteroatoms. The molecule has 0 saturated heterocycles. The van der Waals surface area contributed by atoms with E-state index in [1.54, 1.807) is 24.3 Å².